The maximum absolute atomic E-state index is 13.9. The summed E-state index contributed by atoms with van der Waals surface area (Å²) in [6.07, 6.45) is -1.64. The topological polar surface area (TPSA) is 98.7 Å². The fraction of sp³-hybridized carbons (Fsp3) is 0.226. The predicted molar refractivity (Wildman–Crippen MR) is 160 cm³/mol. The number of rotatable bonds is 8. The summed E-state index contributed by atoms with van der Waals surface area (Å²) in [5.41, 5.74) is 9.14. The Morgan fingerprint density at radius 3 is 2.50 bits per heavy atom. The van der Waals surface area contributed by atoms with E-state index in [1.807, 2.05) is 31.2 Å². The fourth-order valence-electron chi connectivity index (χ4n) is 4.68. The number of fused-ring (bicyclic) bond motifs is 1. The van der Waals surface area contributed by atoms with Crippen molar-refractivity contribution in [2.45, 2.75) is 39.4 Å². The quantitative estimate of drug-likeness (QED) is 0.184. The molecule has 3 N–H and O–H groups in total. The number of pyridine rings is 2. The zero-order valence-electron chi connectivity index (χ0n) is 23.0. The van der Waals surface area contributed by atoms with Gasteiger partial charge in [-0.15, -0.1) is 0 Å². The molecule has 0 unspecified atom stereocenters. The average Bonchev–Trinajstić information content (AvgIpc) is 2.95. The molecule has 0 atom stereocenters. The van der Waals surface area contributed by atoms with Gasteiger partial charge in [-0.05, 0) is 75.2 Å². The summed E-state index contributed by atoms with van der Waals surface area (Å²) in [5.74, 6) is 0.0673. The molecule has 5 rings (SSSR count). The molecule has 5 aromatic rings. The largest absolute Gasteiger partial charge is 0.416 e. The van der Waals surface area contributed by atoms with Crippen molar-refractivity contribution in [3.63, 3.8) is 0 Å². The number of nitrogens with two attached hydrogens (primary N) is 1. The molecule has 0 spiro atoms. The number of nitrogens with one attached hydrogen (secondary N) is 1. The lowest BCUT2D eigenvalue weighted by atomic mass is 10.0. The van der Waals surface area contributed by atoms with E-state index in [4.69, 9.17) is 17.3 Å². The SMILES string of the molecule is Cc1cccc(-c2ccc(-c3cc4cnc(Nc5cc(C(F)(F)F)ccc5C)nc4n(CCCCN)c3=O)c(Cl)c2)n1. The van der Waals surface area contributed by atoms with E-state index >= 15 is 0 Å². The van der Waals surface area contributed by atoms with Crippen molar-refractivity contribution < 1.29 is 13.2 Å². The second-order valence-electron chi connectivity index (χ2n) is 9.99. The molecule has 0 aliphatic rings. The third-order valence-electron chi connectivity index (χ3n) is 6.92. The van der Waals surface area contributed by atoms with Crippen LogP contribution in [0.4, 0.5) is 24.8 Å². The van der Waals surface area contributed by atoms with Crippen molar-refractivity contribution in [3.05, 3.63) is 99.1 Å². The molecule has 3 heterocycles. The standard InChI is InChI=1S/C31H28ClF3N6O/c1-18-8-10-22(31(33,34)35)16-27(18)39-30-37-17-21-14-24(29(42)41(28(21)40-30)13-4-3-12-36)23-11-9-20(15-25(23)32)26-7-5-6-19(2)38-26/h5-11,14-17H,3-4,12-13,36H2,1-2H3,(H,37,39,40). The molecule has 3 aromatic heterocycles. The van der Waals surface area contributed by atoms with Crippen molar-refractivity contribution in [1.29, 1.82) is 0 Å². The van der Waals surface area contributed by atoms with Crippen LogP contribution in [0.3, 0.4) is 0 Å². The number of aryl methyl sites for hydroxylation is 3. The van der Waals surface area contributed by atoms with E-state index in [0.717, 1.165) is 29.1 Å². The van der Waals surface area contributed by atoms with Gasteiger partial charge < -0.3 is 11.1 Å². The summed E-state index contributed by atoms with van der Waals surface area (Å²) < 4.78 is 41.5. The molecular weight excluding hydrogens is 565 g/mol. The van der Waals surface area contributed by atoms with Gasteiger partial charge in [0.1, 0.15) is 5.65 Å². The van der Waals surface area contributed by atoms with Gasteiger partial charge in [-0.3, -0.25) is 14.3 Å². The van der Waals surface area contributed by atoms with Gasteiger partial charge in [0.15, 0.2) is 0 Å². The summed E-state index contributed by atoms with van der Waals surface area (Å²) in [4.78, 5) is 27.3. The lowest BCUT2D eigenvalue weighted by Gasteiger charge is -2.15. The van der Waals surface area contributed by atoms with E-state index in [-0.39, 0.29) is 17.2 Å². The molecule has 11 heteroatoms. The summed E-state index contributed by atoms with van der Waals surface area (Å²) >= 11 is 6.72. The number of hydrogen-bond donors (Lipinski definition) is 2. The number of aromatic nitrogens is 4. The average molecular weight is 593 g/mol. The van der Waals surface area contributed by atoms with Crippen LogP contribution in [0.1, 0.15) is 29.7 Å². The Morgan fingerprint density at radius 1 is 0.976 bits per heavy atom. The van der Waals surface area contributed by atoms with Crippen LogP contribution in [0.15, 0.2) is 71.7 Å². The van der Waals surface area contributed by atoms with E-state index in [0.29, 0.717) is 58.7 Å². The van der Waals surface area contributed by atoms with Crippen LogP contribution in [0.2, 0.25) is 5.02 Å². The molecule has 7 nitrogen and oxygen atoms in total. The van der Waals surface area contributed by atoms with Crippen molar-refractivity contribution in [3.8, 4) is 22.4 Å². The van der Waals surface area contributed by atoms with Crippen LogP contribution in [-0.4, -0.2) is 26.1 Å². The van der Waals surface area contributed by atoms with Crippen molar-refractivity contribution >= 4 is 34.3 Å². The van der Waals surface area contributed by atoms with Crippen molar-refractivity contribution in [2.24, 2.45) is 5.73 Å². The maximum atomic E-state index is 13.9. The second-order valence-corrected chi connectivity index (χ2v) is 10.4. The first-order valence-corrected chi connectivity index (χ1v) is 13.7. The molecule has 0 radical (unpaired) electrons. The molecule has 42 heavy (non-hydrogen) atoms. The molecule has 216 valence electrons. The number of nitrogens with zero attached hydrogens (tertiary/aromatic N) is 4. The van der Waals surface area contributed by atoms with E-state index in [2.05, 4.69) is 20.3 Å². The van der Waals surface area contributed by atoms with E-state index < -0.39 is 11.7 Å². The second kappa shape index (κ2) is 11.9. The third kappa shape index (κ3) is 6.14. The minimum absolute atomic E-state index is 0.0673. The zero-order chi connectivity index (χ0) is 30.0. The highest BCUT2D eigenvalue weighted by molar-refractivity contribution is 6.33. The lowest BCUT2D eigenvalue weighted by molar-refractivity contribution is -0.137. The van der Waals surface area contributed by atoms with Gasteiger partial charge in [-0.1, -0.05) is 35.9 Å². The Kier molecular flexibility index (Phi) is 8.29. The number of hydrogen-bond acceptors (Lipinski definition) is 6. The minimum atomic E-state index is -4.50. The predicted octanol–water partition coefficient (Wildman–Crippen LogP) is 7.29. The Labute approximate surface area is 245 Å². The molecule has 0 fully saturated rings. The zero-order valence-corrected chi connectivity index (χ0v) is 23.7. The van der Waals surface area contributed by atoms with Gasteiger partial charge in [0.25, 0.3) is 5.56 Å². The van der Waals surface area contributed by atoms with E-state index in [1.165, 1.54) is 12.3 Å². The first-order chi connectivity index (χ1) is 20.0. The Hall–Kier alpha value is -4.28. The van der Waals surface area contributed by atoms with Gasteiger partial charge in [0, 0.05) is 51.2 Å². The number of halogens is 4. The summed E-state index contributed by atoms with van der Waals surface area (Å²) in [7, 11) is 0. The molecule has 0 aliphatic heterocycles. The first kappa shape index (κ1) is 29.2. The third-order valence-corrected chi connectivity index (χ3v) is 7.23. The summed E-state index contributed by atoms with van der Waals surface area (Å²) in [5, 5.41) is 3.85. The van der Waals surface area contributed by atoms with Crippen LogP contribution >= 0.6 is 11.6 Å². The van der Waals surface area contributed by atoms with Crippen LogP contribution in [-0.2, 0) is 12.7 Å². The maximum Gasteiger partial charge on any atom is 0.416 e. The number of anilines is 2. The summed E-state index contributed by atoms with van der Waals surface area (Å²) in [6.45, 7) is 4.39. The van der Waals surface area contributed by atoms with Gasteiger partial charge in [0.05, 0.1) is 11.3 Å². The molecular formula is C31H28ClF3N6O. The molecule has 2 aromatic carbocycles. The normalized spacial score (nSPS) is 11.7. The smallest absolute Gasteiger partial charge is 0.330 e. The highest BCUT2D eigenvalue weighted by Gasteiger charge is 2.31. The van der Waals surface area contributed by atoms with Gasteiger partial charge in [-0.2, -0.15) is 18.2 Å². The summed E-state index contributed by atoms with van der Waals surface area (Å²) in [6, 6.07) is 16.3. The van der Waals surface area contributed by atoms with Crippen molar-refractivity contribution in [2.75, 3.05) is 11.9 Å². The number of benzene rings is 2. The highest BCUT2D eigenvalue weighted by Crippen LogP contribution is 2.34. The van der Waals surface area contributed by atoms with Crippen LogP contribution in [0.5, 0.6) is 0 Å². The Morgan fingerprint density at radius 2 is 1.79 bits per heavy atom. The molecule has 0 saturated heterocycles. The minimum Gasteiger partial charge on any atom is -0.330 e. The van der Waals surface area contributed by atoms with Gasteiger partial charge in [-0.25, -0.2) is 4.98 Å². The molecule has 0 aliphatic carbocycles. The Bertz CT molecular complexity index is 1840. The monoisotopic (exact) mass is 592 g/mol. The van der Waals surface area contributed by atoms with Gasteiger partial charge in [0.2, 0.25) is 5.95 Å². The van der Waals surface area contributed by atoms with Crippen molar-refractivity contribution in [1.82, 2.24) is 19.5 Å². The first-order valence-electron chi connectivity index (χ1n) is 13.3. The molecule has 0 amide bonds. The van der Waals surface area contributed by atoms with Gasteiger partial charge >= 0.3 is 6.18 Å². The highest BCUT2D eigenvalue weighted by atomic mass is 35.5. The van der Waals surface area contributed by atoms with Crippen LogP contribution in [0.25, 0.3) is 33.4 Å². The van der Waals surface area contributed by atoms with E-state index in [1.54, 1.807) is 29.7 Å². The van der Waals surface area contributed by atoms with E-state index in [9.17, 15) is 18.0 Å². The number of unbranched alkanes of at least 4 members (excludes halogenated alkanes) is 1. The molecule has 0 saturated carbocycles. The van der Waals surface area contributed by atoms with Crippen LogP contribution in [0, 0.1) is 13.8 Å². The Balaban J connectivity index is 1.58. The fourth-order valence-corrected chi connectivity index (χ4v) is 4.97. The van der Waals surface area contributed by atoms with Crippen LogP contribution < -0.4 is 16.6 Å². The molecule has 0 bridgehead atoms. The lowest BCUT2D eigenvalue weighted by Crippen LogP contribution is -2.24. The number of alkyl halides is 3.